The van der Waals surface area contributed by atoms with Crippen LogP contribution in [-0.4, -0.2) is 40.3 Å². The van der Waals surface area contributed by atoms with Crippen molar-refractivity contribution in [2.45, 2.75) is 19.8 Å². The molecule has 2 aromatic rings. The number of imidazole rings is 1. The van der Waals surface area contributed by atoms with E-state index in [4.69, 9.17) is 4.74 Å². The Morgan fingerprint density at radius 2 is 2.50 bits per heavy atom. The largest absolute Gasteiger partial charge is 0.466 e. The van der Waals surface area contributed by atoms with E-state index in [0.717, 1.165) is 33.2 Å². The molecule has 0 aromatic carbocycles. The molecule has 6 nitrogen and oxygen atoms in total. The lowest BCUT2D eigenvalue weighted by atomic mass is 9.99. The van der Waals surface area contributed by atoms with Crippen molar-refractivity contribution in [1.29, 1.82) is 0 Å². The quantitative estimate of drug-likeness (QED) is 0.578. The minimum atomic E-state index is -0.0897. The van der Waals surface area contributed by atoms with Gasteiger partial charge in [-0.05, 0) is 42.4 Å². The second-order valence-corrected chi connectivity index (χ2v) is 6.75. The number of piperidine rings is 1. The predicted molar refractivity (Wildman–Crippen MR) is 85.2 cm³/mol. The maximum absolute atomic E-state index is 11.9. The third kappa shape index (κ3) is 2.76. The summed E-state index contributed by atoms with van der Waals surface area (Å²) in [5, 5.41) is 5.47. The van der Waals surface area contributed by atoms with Crippen LogP contribution in [0.2, 0.25) is 0 Å². The molecule has 3 rings (SSSR count). The number of fused-ring (bicyclic) bond motifs is 1. The molecule has 0 radical (unpaired) electrons. The van der Waals surface area contributed by atoms with Crippen molar-refractivity contribution in [2.24, 2.45) is 5.92 Å². The van der Waals surface area contributed by atoms with Crippen molar-refractivity contribution in [3.05, 3.63) is 9.90 Å². The van der Waals surface area contributed by atoms with Crippen LogP contribution in [0, 0.1) is 9.62 Å². The number of esters is 1. The van der Waals surface area contributed by atoms with E-state index in [1.807, 2.05) is 13.1 Å². The van der Waals surface area contributed by atoms with Gasteiger partial charge >= 0.3 is 5.97 Å². The summed E-state index contributed by atoms with van der Waals surface area (Å²) in [6.45, 7) is 3.91. The second-order valence-electron chi connectivity index (χ2n) is 4.71. The van der Waals surface area contributed by atoms with E-state index >= 15 is 0 Å². The lowest BCUT2D eigenvalue weighted by Crippen LogP contribution is -2.39. The predicted octanol–water partition coefficient (Wildman–Crippen LogP) is 2.17. The number of nitrogens with zero attached hydrogens (tertiary/aromatic N) is 4. The minimum absolute atomic E-state index is 0.0416. The number of carbonyl (C=O) groups is 1. The van der Waals surface area contributed by atoms with Crippen LogP contribution in [0.25, 0.3) is 4.96 Å². The summed E-state index contributed by atoms with van der Waals surface area (Å²) >= 11 is 3.74. The average Bonchev–Trinajstić information content (AvgIpc) is 2.96. The maximum Gasteiger partial charge on any atom is 0.310 e. The van der Waals surface area contributed by atoms with Crippen molar-refractivity contribution >= 4 is 50.0 Å². The van der Waals surface area contributed by atoms with Gasteiger partial charge in [0.15, 0.2) is 0 Å². The number of hydrogen-bond donors (Lipinski definition) is 0. The van der Waals surface area contributed by atoms with Crippen molar-refractivity contribution in [2.75, 3.05) is 24.6 Å². The Hall–Kier alpha value is -0.900. The van der Waals surface area contributed by atoms with Crippen LogP contribution in [0.3, 0.4) is 0 Å². The zero-order chi connectivity index (χ0) is 14.1. The zero-order valence-electron chi connectivity index (χ0n) is 11.1. The van der Waals surface area contributed by atoms with Gasteiger partial charge in [0.05, 0.1) is 18.7 Å². The molecule has 0 aliphatic carbocycles. The molecular formula is C12H15IN4O2S. The molecule has 20 heavy (non-hydrogen) atoms. The lowest BCUT2D eigenvalue weighted by molar-refractivity contribution is -0.148. The first-order valence-electron chi connectivity index (χ1n) is 6.60. The highest BCUT2D eigenvalue weighted by molar-refractivity contribution is 14.1. The van der Waals surface area contributed by atoms with E-state index in [1.165, 1.54) is 0 Å². The summed E-state index contributed by atoms with van der Waals surface area (Å²) in [7, 11) is 0. The molecule has 8 heteroatoms. The zero-order valence-corrected chi connectivity index (χ0v) is 14.1. The van der Waals surface area contributed by atoms with Crippen LogP contribution in [0.5, 0.6) is 0 Å². The highest BCUT2D eigenvalue weighted by Gasteiger charge is 2.28. The Balaban J connectivity index is 1.75. The highest BCUT2D eigenvalue weighted by atomic mass is 127. The number of hydrogen-bond acceptors (Lipinski definition) is 6. The average molecular weight is 406 g/mol. The Kier molecular flexibility index (Phi) is 4.11. The van der Waals surface area contributed by atoms with Gasteiger partial charge in [0.2, 0.25) is 10.1 Å². The third-order valence-corrected chi connectivity index (χ3v) is 4.82. The van der Waals surface area contributed by atoms with Gasteiger partial charge in [-0.15, -0.1) is 5.10 Å². The van der Waals surface area contributed by atoms with E-state index in [1.54, 1.807) is 15.9 Å². The summed E-state index contributed by atoms with van der Waals surface area (Å²) in [6, 6.07) is 0. The molecule has 0 saturated carbocycles. The number of ether oxygens (including phenoxy) is 1. The van der Waals surface area contributed by atoms with Crippen molar-refractivity contribution in [3.8, 4) is 0 Å². The van der Waals surface area contributed by atoms with Gasteiger partial charge in [-0.1, -0.05) is 11.3 Å². The normalized spacial score (nSPS) is 19.5. The van der Waals surface area contributed by atoms with Crippen LogP contribution < -0.4 is 4.90 Å². The Morgan fingerprint density at radius 3 is 3.25 bits per heavy atom. The topological polar surface area (TPSA) is 59.7 Å². The first kappa shape index (κ1) is 14.1. The van der Waals surface area contributed by atoms with Crippen LogP contribution in [0.15, 0.2) is 6.20 Å². The third-order valence-electron chi connectivity index (χ3n) is 3.31. The standard InChI is InChI=1S/C12H15IN4O2S/c1-2-19-10(18)8-4-3-5-16(6-8)12-15-17-7-9(13)14-11(17)20-12/h7-8H,2-6H2,1H3. The Morgan fingerprint density at radius 1 is 1.65 bits per heavy atom. The molecule has 1 fully saturated rings. The van der Waals surface area contributed by atoms with Crippen LogP contribution in [0.1, 0.15) is 19.8 Å². The molecule has 0 N–H and O–H groups in total. The SMILES string of the molecule is CCOC(=O)C1CCCN(c2nn3cc(I)nc3s2)C1. The first-order chi connectivity index (χ1) is 9.67. The number of rotatable bonds is 3. The fraction of sp³-hybridized carbons (Fsp3) is 0.583. The molecule has 0 amide bonds. The van der Waals surface area contributed by atoms with Crippen molar-refractivity contribution in [1.82, 2.24) is 14.6 Å². The Bertz CT molecular complexity index is 595. The number of halogens is 1. The molecule has 1 aliphatic rings. The highest BCUT2D eigenvalue weighted by Crippen LogP contribution is 2.28. The molecule has 2 aromatic heterocycles. The molecule has 1 saturated heterocycles. The van der Waals surface area contributed by atoms with Gasteiger partial charge < -0.3 is 9.64 Å². The molecule has 1 unspecified atom stereocenters. The van der Waals surface area contributed by atoms with E-state index in [-0.39, 0.29) is 11.9 Å². The molecule has 3 heterocycles. The van der Waals surface area contributed by atoms with Gasteiger partial charge in [0.1, 0.15) is 3.70 Å². The van der Waals surface area contributed by atoms with E-state index < -0.39 is 0 Å². The molecule has 108 valence electrons. The fourth-order valence-electron chi connectivity index (χ4n) is 2.39. The van der Waals surface area contributed by atoms with Gasteiger partial charge in [0.25, 0.3) is 0 Å². The molecule has 0 spiro atoms. The fourth-order valence-corrected chi connectivity index (χ4v) is 3.97. The number of anilines is 1. The number of carbonyl (C=O) groups excluding carboxylic acids is 1. The summed E-state index contributed by atoms with van der Waals surface area (Å²) in [5.74, 6) is -0.131. The Labute approximate surface area is 134 Å². The first-order valence-corrected chi connectivity index (χ1v) is 8.50. The molecular weight excluding hydrogens is 391 g/mol. The van der Waals surface area contributed by atoms with Crippen LogP contribution in [-0.2, 0) is 9.53 Å². The van der Waals surface area contributed by atoms with Gasteiger partial charge in [-0.2, -0.15) is 0 Å². The van der Waals surface area contributed by atoms with E-state index in [2.05, 4.69) is 37.6 Å². The van der Waals surface area contributed by atoms with E-state index in [0.29, 0.717) is 13.2 Å². The molecule has 1 atom stereocenters. The van der Waals surface area contributed by atoms with Gasteiger partial charge in [-0.25, -0.2) is 9.50 Å². The lowest BCUT2D eigenvalue weighted by Gasteiger charge is -2.30. The second kappa shape index (κ2) is 5.84. The molecule has 0 bridgehead atoms. The van der Waals surface area contributed by atoms with Crippen LogP contribution in [0.4, 0.5) is 5.13 Å². The summed E-state index contributed by atoms with van der Waals surface area (Å²) in [5.41, 5.74) is 0. The smallest absolute Gasteiger partial charge is 0.310 e. The summed E-state index contributed by atoms with van der Waals surface area (Å²) in [4.78, 5) is 19.3. The maximum atomic E-state index is 11.9. The van der Waals surface area contributed by atoms with Gasteiger partial charge in [0, 0.05) is 13.1 Å². The van der Waals surface area contributed by atoms with Crippen molar-refractivity contribution < 1.29 is 9.53 Å². The van der Waals surface area contributed by atoms with Gasteiger partial charge in [-0.3, -0.25) is 4.79 Å². The van der Waals surface area contributed by atoms with E-state index in [9.17, 15) is 4.79 Å². The number of aromatic nitrogens is 3. The minimum Gasteiger partial charge on any atom is -0.466 e. The van der Waals surface area contributed by atoms with Crippen LogP contribution >= 0.6 is 33.9 Å². The summed E-state index contributed by atoms with van der Waals surface area (Å²) < 4.78 is 7.87. The molecule has 1 aliphatic heterocycles. The monoisotopic (exact) mass is 406 g/mol. The summed E-state index contributed by atoms with van der Waals surface area (Å²) in [6.07, 6.45) is 3.79. The van der Waals surface area contributed by atoms with Crippen molar-refractivity contribution in [3.63, 3.8) is 0 Å².